The minimum absolute atomic E-state index is 0.575. The molecule has 0 saturated heterocycles. The molecule has 1 aliphatic rings. The summed E-state index contributed by atoms with van der Waals surface area (Å²) in [6.45, 7) is 0.575. The Labute approximate surface area is 131 Å². The molecule has 1 aliphatic heterocycles. The van der Waals surface area contributed by atoms with Crippen LogP contribution in [0, 0.1) is 0 Å². The van der Waals surface area contributed by atoms with Crippen LogP contribution in [0.1, 0.15) is 17.7 Å². The van der Waals surface area contributed by atoms with Crippen LogP contribution in [-0.4, -0.2) is 31.1 Å². The first kappa shape index (κ1) is 13.4. The predicted molar refractivity (Wildman–Crippen MR) is 86.7 cm³/mol. The Morgan fingerprint density at radius 3 is 3.23 bits per heavy atom. The SMILES string of the molecule is C1=C(c2cnc(NCc3ccco3)n3cnnc23)CCSC1. The first-order valence-corrected chi connectivity index (χ1v) is 8.29. The summed E-state index contributed by atoms with van der Waals surface area (Å²) < 4.78 is 7.22. The molecule has 0 radical (unpaired) electrons. The standard InChI is InChI=1S/C15H15N5OS/c1-2-12(21-5-1)8-16-15-17-9-13(11-3-6-22-7-4-11)14-19-18-10-20(14)15/h1-3,5,9-10H,4,6-8H2,(H,16,17). The van der Waals surface area contributed by atoms with E-state index in [0.717, 1.165) is 34.9 Å². The molecule has 0 aliphatic carbocycles. The van der Waals surface area contributed by atoms with Crippen molar-refractivity contribution in [3.05, 3.63) is 48.3 Å². The van der Waals surface area contributed by atoms with Crippen molar-refractivity contribution in [3.8, 4) is 0 Å². The van der Waals surface area contributed by atoms with Gasteiger partial charge in [-0.15, -0.1) is 10.2 Å². The lowest BCUT2D eigenvalue weighted by molar-refractivity contribution is 0.517. The van der Waals surface area contributed by atoms with Gasteiger partial charge in [-0.25, -0.2) is 4.98 Å². The maximum atomic E-state index is 5.33. The summed E-state index contributed by atoms with van der Waals surface area (Å²) in [4.78, 5) is 4.54. The molecular weight excluding hydrogens is 298 g/mol. The maximum absolute atomic E-state index is 5.33. The fourth-order valence-corrected chi connectivity index (χ4v) is 3.38. The average molecular weight is 313 g/mol. The second kappa shape index (κ2) is 5.84. The lowest BCUT2D eigenvalue weighted by atomic mass is 10.1. The molecular formula is C15H15N5OS. The van der Waals surface area contributed by atoms with Crippen molar-refractivity contribution in [2.45, 2.75) is 13.0 Å². The molecule has 0 unspecified atom stereocenters. The highest BCUT2D eigenvalue weighted by atomic mass is 32.2. The van der Waals surface area contributed by atoms with Crippen LogP contribution >= 0.6 is 11.8 Å². The van der Waals surface area contributed by atoms with Gasteiger partial charge in [0, 0.05) is 17.5 Å². The predicted octanol–water partition coefficient (Wildman–Crippen LogP) is 2.85. The van der Waals surface area contributed by atoms with Crippen LogP contribution in [0.4, 0.5) is 5.95 Å². The monoisotopic (exact) mass is 313 g/mol. The minimum atomic E-state index is 0.575. The van der Waals surface area contributed by atoms with Gasteiger partial charge in [-0.3, -0.25) is 4.40 Å². The highest BCUT2D eigenvalue weighted by molar-refractivity contribution is 7.99. The van der Waals surface area contributed by atoms with E-state index in [9.17, 15) is 0 Å². The summed E-state index contributed by atoms with van der Waals surface area (Å²) in [6, 6.07) is 3.80. The third kappa shape index (κ3) is 2.48. The first-order chi connectivity index (χ1) is 10.9. The van der Waals surface area contributed by atoms with Crippen molar-refractivity contribution >= 4 is 28.9 Å². The zero-order valence-electron chi connectivity index (χ0n) is 11.9. The third-order valence-electron chi connectivity index (χ3n) is 3.64. The van der Waals surface area contributed by atoms with Crippen LogP contribution < -0.4 is 5.32 Å². The number of nitrogens with zero attached hydrogens (tertiary/aromatic N) is 4. The largest absolute Gasteiger partial charge is 0.467 e. The number of fused-ring (bicyclic) bond motifs is 1. The number of hydrogen-bond acceptors (Lipinski definition) is 6. The molecule has 0 bridgehead atoms. The molecule has 0 aromatic carbocycles. The summed E-state index contributed by atoms with van der Waals surface area (Å²) in [5.74, 6) is 3.77. The summed E-state index contributed by atoms with van der Waals surface area (Å²) >= 11 is 1.95. The second-order valence-electron chi connectivity index (χ2n) is 5.01. The fourth-order valence-electron chi connectivity index (χ4n) is 2.53. The lowest BCUT2D eigenvalue weighted by Crippen LogP contribution is -2.07. The van der Waals surface area contributed by atoms with Gasteiger partial charge in [-0.2, -0.15) is 11.8 Å². The quantitative estimate of drug-likeness (QED) is 0.799. The van der Waals surface area contributed by atoms with Gasteiger partial charge in [-0.05, 0) is 29.9 Å². The van der Waals surface area contributed by atoms with Gasteiger partial charge < -0.3 is 9.73 Å². The molecule has 4 rings (SSSR count). The van der Waals surface area contributed by atoms with Gasteiger partial charge in [0.1, 0.15) is 12.1 Å². The fraction of sp³-hybridized carbons (Fsp3) is 0.267. The number of anilines is 1. The molecule has 4 heterocycles. The molecule has 3 aromatic rings. The Hall–Kier alpha value is -2.28. The lowest BCUT2D eigenvalue weighted by Gasteiger charge is -2.14. The Balaban J connectivity index is 1.67. The van der Waals surface area contributed by atoms with Gasteiger partial charge in [0.25, 0.3) is 0 Å². The number of nitrogens with one attached hydrogen (secondary N) is 1. The van der Waals surface area contributed by atoms with Gasteiger partial charge >= 0.3 is 0 Å². The van der Waals surface area contributed by atoms with Crippen LogP contribution in [-0.2, 0) is 6.54 Å². The molecule has 0 spiro atoms. The Kier molecular flexibility index (Phi) is 3.56. The maximum Gasteiger partial charge on any atom is 0.210 e. The highest BCUT2D eigenvalue weighted by Gasteiger charge is 2.14. The van der Waals surface area contributed by atoms with Crippen molar-refractivity contribution in [1.29, 1.82) is 0 Å². The van der Waals surface area contributed by atoms with Gasteiger partial charge in [0.2, 0.25) is 5.95 Å². The third-order valence-corrected chi connectivity index (χ3v) is 4.54. The van der Waals surface area contributed by atoms with Crippen molar-refractivity contribution in [2.75, 3.05) is 16.8 Å². The molecule has 6 nitrogen and oxygen atoms in total. The second-order valence-corrected chi connectivity index (χ2v) is 6.16. The molecule has 3 aromatic heterocycles. The van der Waals surface area contributed by atoms with Crippen molar-refractivity contribution in [2.24, 2.45) is 0 Å². The average Bonchev–Trinajstić information content (AvgIpc) is 3.25. The highest BCUT2D eigenvalue weighted by Crippen LogP contribution is 2.28. The molecule has 22 heavy (non-hydrogen) atoms. The number of hydrogen-bond donors (Lipinski definition) is 1. The molecule has 1 N–H and O–H groups in total. The summed E-state index contributed by atoms with van der Waals surface area (Å²) in [5, 5.41) is 11.6. The molecule has 0 fully saturated rings. The number of allylic oxidation sites excluding steroid dienone is 1. The number of aromatic nitrogens is 4. The normalized spacial score (nSPS) is 15.0. The zero-order valence-corrected chi connectivity index (χ0v) is 12.7. The van der Waals surface area contributed by atoms with Crippen LogP contribution in [0.25, 0.3) is 11.2 Å². The molecule has 112 valence electrons. The topological polar surface area (TPSA) is 68.2 Å². The summed E-state index contributed by atoms with van der Waals surface area (Å²) in [6.07, 6.45) is 8.55. The number of furan rings is 1. The smallest absolute Gasteiger partial charge is 0.210 e. The Morgan fingerprint density at radius 2 is 2.41 bits per heavy atom. The van der Waals surface area contributed by atoms with E-state index < -0.39 is 0 Å². The summed E-state index contributed by atoms with van der Waals surface area (Å²) in [7, 11) is 0. The van der Waals surface area contributed by atoms with E-state index in [0.29, 0.717) is 12.5 Å². The van der Waals surface area contributed by atoms with Crippen molar-refractivity contribution in [1.82, 2.24) is 19.6 Å². The van der Waals surface area contributed by atoms with Crippen LogP contribution in [0.3, 0.4) is 0 Å². The van der Waals surface area contributed by atoms with E-state index >= 15 is 0 Å². The first-order valence-electron chi connectivity index (χ1n) is 7.14. The van der Waals surface area contributed by atoms with E-state index in [1.54, 1.807) is 12.6 Å². The van der Waals surface area contributed by atoms with E-state index in [1.807, 2.05) is 34.5 Å². The number of thioether (sulfide) groups is 1. The van der Waals surface area contributed by atoms with Gasteiger partial charge in [-0.1, -0.05) is 6.08 Å². The van der Waals surface area contributed by atoms with E-state index in [-0.39, 0.29) is 0 Å². The van der Waals surface area contributed by atoms with Crippen molar-refractivity contribution in [3.63, 3.8) is 0 Å². The Morgan fingerprint density at radius 1 is 1.41 bits per heavy atom. The Bertz CT molecular complexity index is 809. The van der Waals surface area contributed by atoms with E-state index in [1.165, 1.54) is 5.57 Å². The minimum Gasteiger partial charge on any atom is -0.467 e. The molecule has 0 atom stereocenters. The van der Waals surface area contributed by atoms with Gasteiger partial charge in [0.05, 0.1) is 12.8 Å². The van der Waals surface area contributed by atoms with E-state index in [4.69, 9.17) is 4.42 Å². The van der Waals surface area contributed by atoms with Gasteiger partial charge in [0.15, 0.2) is 5.65 Å². The van der Waals surface area contributed by atoms with Crippen LogP contribution in [0.15, 0.2) is 41.4 Å². The zero-order chi connectivity index (χ0) is 14.8. The summed E-state index contributed by atoms with van der Waals surface area (Å²) in [5.41, 5.74) is 3.22. The van der Waals surface area contributed by atoms with E-state index in [2.05, 4.69) is 26.6 Å². The molecule has 7 heteroatoms. The molecule has 0 saturated carbocycles. The van der Waals surface area contributed by atoms with Crippen molar-refractivity contribution < 1.29 is 4.42 Å². The van der Waals surface area contributed by atoms with Crippen LogP contribution in [0.2, 0.25) is 0 Å². The number of rotatable bonds is 4. The molecule has 0 amide bonds. The van der Waals surface area contributed by atoms with Crippen LogP contribution in [0.5, 0.6) is 0 Å².